The van der Waals surface area contributed by atoms with Crippen LogP contribution in [0.25, 0.3) is 0 Å². The monoisotopic (exact) mass is 291 g/mol. The van der Waals surface area contributed by atoms with E-state index >= 15 is 0 Å². The summed E-state index contributed by atoms with van der Waals surface area (Å²) in [5.74, 6) is 0.276. The van der Waals surface area contributed by atoms with Crippen molar-refractivity contribution in [2.75, 3.05) is 20.3 Å². The highest BCUT2D eigenvalue weighted by Gasteiger charge is 2.35. The number of ether oxygens (including phenoxy) is 2. The quantitative estimate of drug-likeness (QED) is 0.851. The van der Waals surface area contributed by atoms with E-state index in [9.17, 15) is 8.42 Å². The molecule has 7 heteroatoms. The van der Waals surface area contributed by atoms with E-state index in [-0.39, 0.29) is 10.6 Å². The molecule has 0 spiro atoms. The number of sulfonamides is 1. The Balaban J connectivity index is 2.49. The number of methoxy groups -OCH3 is 1. The van der Waals surface area contributed by atoms with Crippen LogP contribution in [0.1, 0.15) is 6.92 Å². The number of hydrogen-bond donors (Lipinski definition) is 0. The third kappa shape index (κ3) is 2.33. The molecule has 1 fully saturated rings. The van der Waals surface area contributed by atoms with Gasteiger partial charge in [0.25, 0.3) is 0 Å². The summed E-state index contributed by atoms with van der Waals surface area (Å²) in [5, 5.41) is 0.349. The second-order valence-corrected chi connectivity index (χ2v) is 6.18. The number of halogens is 1. The first kappa shape index (κ1) is 13.6. The summed E-state index contributed by atoms with van der Waals surface area (Å²) in [5.41, 5.74) is 0. The molecular formula is C11H14ClNO4S. The van der Waals surface area contributed by atoms with Crippen molar-refractivity contribution in [1.29, 1.82) is 0 Å². The largest absolute Gasteiger partial charge is 0.495 e. The van der Waals surface area contributed by atoms with Crippen molar-refractivity contribution < 1.29 is 17.9 Å². The van der Waals surface area contributed by atoms with Gasteiger partial charge in [0.2, 0.25) is 10.0 Å². The van der Waals surface area contributed by atoms with E-state index in [0.717, 1.165) is 0 Å². The molecule has 1 saturated heterocycles. The van der Waals surface area contributed by atoms with E-state index in [1.54, 1.807) is 13.0 Å². The van der Waals surface area contributed by atoms with Crippen molar-refractivity contribution in [2.45, 2.75) is 18.0 Å². The minimum absolute atomic E-state index is 0.0647. The highest BCUT2D eigenvalue weighted by Crippen LogP contribution is 2.31. The van der Waals surface area contributed by atoms with Crippen LogP contribution in [-0.2, 0) is 14.8 Å². The fourth-order valence-corrected chi connectivity index (χ4v) is 3.81. The van der Waals surface area contributed by atoms with Gasteiger partial charge in [0.15, 0.2) is 0 Å². The molecule has 0 bridgehead atoms. The van der Waals surface area contributed by atoms with Crippen molar-refractivity contribution in [1.82, 2.24) is 4.31 Å². The van der Waals surface area contributed by atoms with Gasteiger partial charge < -0.3 is 9.47 Å². The van der Waals surface area contributed by atoms with Gasteiger partial charge in [-0.1, -0.05) is 11.6 Å². The predicted molar refractivity (Wildman–Crippen MR) is 67.3 cm³/mol. The molecule has 0 N–H and O–H groups in total. The van der Waals surface area contributed by atoms with Gasteiger partial charge in [-0.15, -0.1) is 0 Å². The predicted octanol–water partition coefficient (Wildman–Crippen LogP) is 1.72. The van der Waals surface area contributed by atoms with Crippen molar-refractivity contribution in [2.24, 2.45) is 0 Å². The first-order chi connectivity index (χ1) is 8.46. The van der Waals surface area contributed by atoms with Crippen LogP contribution in [0.4, 0.5) is 0 Å². The highest BCUT2D eigenvalue weighted by atomic mass is 35.5. The standard InChI is InChI=1S/C11H14ClNO4S/c1-8-13(5-6-17-8)18(14,15)11-7-9(12)3-4-10(11)16-2/h3-4,7-8H,5-6H2,1-2H3. The van der Waals surface area contributed by atoms with Crippen LogP contribution >= 0.6 is 11.6 Å². The number of hydrogen-bond acceptors (Lipinski definition) is 4. The molecule has 0 aliphatic carbocycles. The van der Waals surface area contributed by atoms with E-state index in [1.165, 1.54) is 23.5 Å². The van der Waals surface area contributed by atoms with Gasteiger partial charge in [-0.05, 0) is 25.1 Å². The molecule has 0 saturated carbocycles. The summed E-state index contributed by atoms with van der Waals surface area (Å²) in [6.07, 6.45) is -0.473. The lowest BCUT2D eigenvalue weighted by Crippen LogP contribution is -2.34. The second kappa shape index (κ2) is 5.05. The Kier molecular flexibility index (Phi) is 3.82. The summed E-state index contributed by atoms with van der Waals surface area (Å²) in [4.78, 5) is 0.0647. The Morgan fingerprint density at radius 1 is 1.50 bits per heavy atom. The van der Waals surface area contributed by atoms with Crippen LogP contribution in [0.3, 0.4) is 0 Å². The molecule has 0 amide bonds. The van der Waals surface area contributed by atoms with E-state index in [4.69, 9.17) is 21.1 Å². The molecule has 18 heavy (non-hydrogen) atoms. The molecule has 2 rings (SSSR count). The van der Waals surface area contributed by atoms with E-state index in [2.05, 4.69) is 0 Å². The number of benzene rings is 1. The molecule has 100 valence electrons. The van der Waals surface area contributed by atoms with Crippen molar-refractivity contribution in [3.05, 3.63) is 23.2 Å². The minimum Gasteiger partial charge on any atom is -0.495 e. The molecule has 1 atom stereocenters. The van der Waals surface area contributed by atoms with E-state index < -0.39 is 16.3 Å². The van der Waals surface area contributed by atoms with Crippen LogP contribution < -0.4 is 4.74 Å². The summed E-state index contributed by atoms with van der Waals surface area (Å²) >= 11 is 5.85. The summed E-state index contributed by atoms with van der Waals surface area (Å²) < 4.78 is 36.6. The van der Waals surface area contributed by atoms with Crippen molar-refractivity contribution in [3.63, 3.8) is 0 Å². The lowest BCUT2D eigenvalue weighted by molar-refractivity contribution is 0.0846. The van der Waals surface area contributed by atoms with Crippen LogP contribution in [0.15, 0.2) is 23.1 Å². The van der Waals surface area contributed by atoms with Crippen molar-refractivity contribution in [3.8, 4) is 5.75 Å². The van der Waals surface area contributed by atoms with Gasteiger partial charge >= 0.3 is 0 Å². The molecule has 0 radical (unpaired) electrons. The first-order valence-electron chi connectivity index (χ1n) is 5.44. The van der Waals surface area contributed by atoms with Crippen LogP contribution in [-0.4, -0.2) is 39.2 Å². The van der Waals surface area contributed by atoms with Gasteiger partial charge in [-0.2, -0.15) is 4.31 Å². The van der Waals surface area contributed by atoms with E-state index in [1.807, 2.05) is 0 Å². The maximum Gasteiger partial charge on any atom is 0.249 e. The minimum atomic E-state index is -3.65. The maximum atomic E-state index is 12.5. The fraction of sp³-hybridized carbons (Fsp3) is 0.455. The van der Waals surface area contributed by atoms with E-state index in [0.29, 0.717) is 18.2 Å². The third-order valence-electron chi connectivity index (χ3n) is 2.79. The van der Waals surface area contributed by atoms with Crippen LogP contribution in [0, 0.1) is 0 Å². The molecule has 5 nitrogen and oxygen atoms in total. The average Bonchev–Trinajstić information content (AvgIpc) is 2.76. The van der Waals surface area contributed by atoms with Gasteiger partial charge in [0.1, 0.15) is 16.9 Å². The number of rotatable bonds is 3. The lowest BCUT2D eigenvalue weighted by Gasteiger charge is -2.20. The fourth-order valence-electron chi connectivity index (χ4n) is 1.87. The Morgan fingerprint density at radius 2 is 2.22 bits per heavy atom. The van der Waals surface area contributed by atoms with Crippen LogP contribution in [0.2, 0.25) is 5.02 Å². The van der Waals surface area contributed by atoms with Gasteiger partial charge in [0, 0.05) is 11.6 Å². The maximum absolute atomic E-state index is 12.5. The topological polar surface area (TPSA) is 55.8 Å². The Morgan fingerprint density at radius 3 is 2.78 bits per heavy atom. The normalized spacial score (nSPS) is 21.2. The SMILES string of the molecule is COc1ccc(Cl)cc1S(=O)(=O)N1CCOC1C. The summed E-state index contributed by atoms with van der Waals surface area (Å²) in [7, 11) is -2.23. The molecule has 1 unspecified atom stereocenters. The van der Waals surface area contributed by atoms with Gasteiger partial charge in [-0.3, -0.25) is 0 Å². The molecule has 1 heterocycles. The summed E-state index contributed by atoms with van der Waals surface area (Å²) in [6, 6.07) is 4.51. The number of nitrogens with zero attached hydrogens (tertiary/aromatic N) is 1. The lowest BCUT2D eigenvalue weighted by atomic mass is 10.3. The van der Waals surface area contributed by atoms with Crippen LogP contribution in [0.5, 0.6) is 5.75 Å². The van der Waals surface area contributed by atoms with Crippen molar-refractivity contribution >= 4 is 21.6 Å². The molecule has 1 aromatic rings. The Labute approximate surface area is 111 Å². The highest BCUT2D eigenvalue weighted by molar-refractivity contribution is 7.89. The Bertz CT molecular complexity index is 546. The molecule has 1 aliphatic rings. The van der Waals surface area contributed by atoms with Gasteiger partial charge in [-0.25, -0.2) is 8.42 Å². The zero-order chi connectivity index (χ0) is 13.3. The summed E-state index contributed by atoms with van der Waals surface area (Å²) in [6.45, 7) is 2.42. The third-order valence-corrected chi connectivity index (χ3v) is 5.00. The molecular weight excluding hydrogens is 278 g/mol. The molecule has 1 aliphatic heterocycles. The molecule has 1 aromatic carbocycles. The Hall–Kier alpha value is -0.820. The average molecular weight is 292 g/mol. The first-order valence-corrected chi connectivity index (χ1v) is 7.25. The zero-order valence-electron chi connectivity index (χ0n) is 10.1. The smallest absolute Gasteiger partial charge is 0.249 e. The second-order valence-electron chi connectivity index (χ2n) is 3.88. The molecule has 0 aromatic heterocycles. The van der Waals surface area contributed by atoms with Gasteiger partial charge in [0.05, 0.1) is 13.7 Å². The zero-order valence-corrected chi connectivity index (χ0v) is 11.7.